The zero-order valence-corrected chi connectivity index (χ0v) is 18.1. The van der Waals surface area contributed by atoms with E-state index in [2.05, 4.69) is 6.92 Å². The van der Waals surface area contributed by atoms with Crippen LogP contribution in [0, 0.1) is 17.8 Å². The molecule has 5 heteroatoms. The summed E-state index contributed by atoms with van der Waals surface area (Å²) in [6.07, 6.45) is 10.4. The first-order valence-corrected chi connectivity index (χ1v) is 11.0. The van der Waals surface area contributed by atoms with Gasteiger partial charge in [-0.2, -0.15) is 8.78 Å². The molecule has 1 saturated heterocycles. The monoisotopic (exact) mass is 400 g/mol. The number of hydrogen-bond donors (Lipinski definition) is 0. The first-order valence-electron chi connectivity index (χ1n) is 11.0. The van der Waals surface area contributed by atoms with Gasteiger partial charge in [-0.15, -0.1) is 0 Å². The van der Waals surface area contributed by atoms with Crippen LogP contribution in [0.3, 0.4) is 0 Å². The zero-order chi connectivity index (χ0) is 20.5. The molecule has 1 aliphatic carbocycles. The molecule has 0 radical (unpaired) electrons. The molecule has 28 heavy (non-hydrogen) atoms. The van der Waals surface area contributed by atoms with Gasteiger partial charge >= 0.3 is 0 Å². The standard InChI is InChI=1S/C23H38F2O3/c1-5-7-17-8-10-18(11-9-17)19-12-13-20(28-14-19)15-27-16(3)22(24)23(25)21(6-2)26-4/h17-20H,5-15H2,1-4H3/b22-16-,23-21-. The lowest BCUT2D eigenvalue weighted by molar-refractivity contribution is -0.0659. The van der Waals surface area contributed by atoms with E-state index >= 15 is 0 Å². The largest absolute Gasteiger partial charge is 0.498 e. The number of methoxy groups -OCH3 is 1. The molecule has 2 fully saturated rings. The quantitative estimate of drug-likeness (QED) is 0.313. The van der Waals surface area contributed by atoms with Gasteiger partial charge < -0.3 is 14.2 Å². The Morgan fingerprint density at radius 2 is 1.64 bits per heavy atom. The topological polar surface area (TPSA) is 27.7 Å². The lowest BCUT2D eigenvalue weighted by atomic mass is 9.73. The van der Waals surface area contributed by atoms with E-state index < -0.39 is 11.7 Å². The molecule has 0 aromatic heterocycles. The second kappa shape index (κ2) is 11.8. The van der Waals surface area contributed by atoms with Gasteiger partial charge in [-0.05, 0) is 50.4 Å². The van der Waals surface area contributed by atoms with Crippen LogP contribution in [0.25, 0.3) is 0 Å². The minimum Gasteiger partial charge on any atom is -0.498 e. The van der Waals surface area contributed by atoms with Gasteiger partial charge in [0.1, 0.15) is 18.1 Å². The minimum atomic E-state index is -0.990. The summed E-state index contributed by atoms with van der Waals surface area (Å²) in [5.74, 6) is 0.321. The summed E-state index contributed by atoms with van der Waals surface area (Å²) in [5, 5.41) is 0. The van der Waals surface area contributed by atoms with Crippen molar-refractivity contribution in [3.05, 3.63) is 23.2 Å². The Morgan fingerprint density at radius 1 is 0.964 bits per heavy atom. The number of rotatable bonds is 9. The summed E-state index contributed by atoms with van der Waals surface area (Å²) >= 11 is 0. The van der Waals surface area contributed by atoms with Crippen molar-refractivity contribution in [2.24, 2.45) is 17.8 Å². The average Bonchev–Trinajstić information content (AvgIpc) is 2.73. The maximum atomic E-state index is 14.2. The van der Waals surface area contributed by atoms with E-state index in [0.717, 1.165) is 31.3 Å². The third-order valence-corrected chi connectivity index (χ3v) is 6.46. The lowest BCUT2D eigenvalue weighted by Crippen LogP contribution is -2.34. The van der Waals surface area contributed by atoms with E-state index in [1.807, 2.05) is 0 Å². The lowest BCUT2D eigenvalue weighted by Gasteiger charge is -2.37. The highest BCUT2D eigenvalue weighted by atomic mass is 19.2. The van der Waals surface area contributed by atoms with Crippen molar-refractivity contribution in [3.8, 4) is 0 Å². The van der Waals surface area contributed by atoms with Crippen LogP contribution in [-0.2, 0) is 14.2 Å². The van der Waals surface area contributed by atoms with Gasteiger partial charge in [0, 0.05) is 6.42 Å². The first-order chi connectivity index (χ1) is 13.5. The summed E-state index contributed by atoms with van der Waals surface area (Å²) in [7, 11) is 1.34. The van der Waals surface area contributed by atoms with E-state index in [4.69, 9.17) is 14.2 Å². The molecule has 0 aromatic rings. The molecule has 2 rings (SSSR count). The van der Waals surface area contributed by atoms with Crippen molar-refractivity contribution in [1.29, 1.82) is 0 Å². The number of ether oxygens (including phenoxy) is 3. The fraction of sp³-hybridized carbons (Fsp3) is 0.826. The van der Waals surface area contributed by atoms with E-state index in [1.54, 1.807) is 6.92 Å². The molecule has 0 aromatic carbocycles. The molecule has 1 heterocycles. The smallest absolute Gasteiger partial charge is 0.199 e. The van der Waals surface area contributed by atoms with Crippen LogP contribution in [0.1, 0.15) is 78.6 Å². The van der Waals surface area contributed by atoms with Crippen LogP contribution < -0.4 is 0 Å². The second-order valence-corrected chi connectivity index (χ2v) is 8.34. The van der Waals surface area contributed by atoms with Gasteiger partial charge in [-0.1, -0.05) is 39.5 Å². The molecule has 2 aliphatic rings. The summed E-state index contributed by atoms with van der Waals surface area (Å²) in [6, 6.07) is 0. The van der Waals surface area contributed by atoms with Crippen molar-refractivity contribution < 1.29 is 23.0 Å². The van der Waals surface area contributed by atoms with Crippen molar-refractivity contribution in [2.45, 2.75) is 84.7 Å². The van der Waals surface area contributed by atoms with E-state index in [9.17, 15) is 8.78 Å². The molecule has 1 saturated carbocycles. The average molecular weight is 401 g/mol. The fourth-order valence-corrected chi connectivity index (χ4v) is 4.63. The molecule has 0 amide bonds. The predicted molar refractivity (Wildman–Crippen MR) is 108 cm³/mol. The van der Waals surface area contributed by atoms with Crippen LogP contribution in [-0.4, -0.2) is 26.4 Å². The molecule has 2 unspecified atom stereocenters. The Labute approximate surface area is 169 Å². The molecule has 3 nitrogen and oxygen atoms in total. The summed E-state index contributed by atoms with van der Waals surface area (Å²) in [4.78, 5) is 0. The summed E-state index contributed by atoms with van der Waals surface area (Å²) in [6.45, 7) is 6.46. The third-order valence-electron chi connectivity index (χ3n) is 6.46. The SMILES string of the molecule is CCCC1CCC(C2CCC(CO/C(C)=C(F)/C(F)=C(\CC)OC)OC2)CC1. The summed E-state index contributed by atoms with van der Waals surface area (Å²) in [5.41, 5.74) is 0. The summed E-state index contributed by atoms with van der Waals surface area (Å²) < 4.78 is 44.5. The van der Waals surface area contributed by atoms with Gasteiger partial charge in [0.2, 0.25) is 0 Å². The molecule has 0 bridgehead atoms. The van der Waals surface area contributed by atoms with Crippen LogP contribution in [0.5, 0.6) is 0 Å². The van der Waals surface area contributed by atoms with Gasteiger partial charge in [-0.3, -0.25) is 0 Å². The highest BCUT2D eigenvalue weighted by molar-refractivity contribution is 5.24. The molecule has 162 valence electrons. The van der Waals surface area contributed by atoms with Gasteiger partial charge in [0.15, 0.2) is 11.7 Å². The van der Waals surface area contributed by atoms with Crippen LogP contribution in [0.15, 0.2) is 23.2 Å². The number of halogens is 2. The molecular formula is C23H38F2O3. The van der Waals surface area contributed by atoms with Crippen molar-refractivity contribution in [2.75, 3.05) is 20.3 Å². The van der Waals surface area contributed by atoms with Crippen LogP contribution >= 0.6 is 0 Å². The Hall–Kier alpha value is -1.10. The molecular weight excluding hydrogens is 362 g/mol. The minimum absolute atomic E-state index is 0.00846. The molecule has 1 aliphatic heterocycles. The van der Waals surface area contributed by atoms with Crippen molar-refractivity contribution >= 4 is 0 Å². The fourth-order valence-electron chi connectivity index (χ4n) is 4.63. The van der Waals surface area contributed by atoms with E-state index in [0.29, 0.717) is 5.92 Å². The highest BCUT2D eigenvalue weighted by Gasteiger charge is 2.31. The Morgan fingerprint density at radius 3 is 2.18 bits per heavy atom. The third kappa shape index (κ3) is 6.47. The maximum Gasteiger partial charge on any atom is 0.199 e. The Kier molecular flexibility index (Phi) is 9.76. The normalized spacial score (nSPS) is 30.4. The zero-order valence-electron chi connectivity index (χ0n) is 18.1. The van der Waals surface area contributed by atoms with Gasteiger partial charge in [0.25, 0.3) is 0 Å². The van der Waals surface area contributed by atoms with Crippen molar-refractivity contribution in [1.82, 2.24) is 0 Å². The van der Waals surface area contributed by atoms with Crippen LogP contribution in [0.4, 0.5) is 8.78 Å². The van der Waals surface area contributed by atoms with Crippen LogP contribution in [0.2, 0.25) is 0 Å². The number of allylic oxidation sites excluding steroid dienone is 4. The maximum absolute atomic E-state index is 14.2. The van der Waals surface area contributed by atoms with Crippen molar-refractivity contribution in [3.63, 3.8) is 0 Å². The van der Waals surface area contributed by atoms with E-state index in [-0.39, 0.29) is 30.6 Å². The van der Waals surface area contributed by atoms with Gasteiger partial charge in [0.05, 0.1) is 19.8 Å². The predicted octanol–water partition coefficient (Wildman–Crippen LogP) is 6.84. The van der Waals surface area contributed by atoms with Gasteiger partial charge in [-0.25, -0.2) is 0 Å². The second-order valence-electron chi connectivity index (χ2n) is 8.34. The first kappa shape index (κ1) is 23.2. The Bertz CT molecular complexity index is 522. The highest BCUT2D eigenvalue weighted by Crippen LogP contribution is 2.39. The Balaban J connectivity index is 1.75. The molecule has 0 spiro atoms. The molecule has 2 atom stereocenters. The molecule has 0 N–H and O–H groups in total. The van der Waals surface area contributed by atoms with E-state index in [1.165, 1.54) is 52.6 Å². The number of hydrogen-bond acceptors (Lipinski definition) is 3.